The molecule has 248 valence electrons. The largest absolute Gasteiger partial charge is 0.455 e. The second-order valence-electron chi connectivity index (χ2n) is 13.2. The average molecular weight is 678 g/mol. The van der Waals surface area contributed by atoms with Gasteiger partial charge in [-0.1, -0.05) is 170 Å². The molecule has 8 aromatic carbocycles. The number of para-hydroxylation sites is 1. The summed E-state index contributed by atoms with van der Waals surface area (Å²) >= 11 is 0. The summed E-state index contributed by atoms with van der Waals surface area (Å²) in [6.45, 7) is 0. The minimum atomic E-state index is 0.615. The van der Waals surface area contributed by atoms with Gasteiger partial charge in [0, 0.05) is 33.2 Å². The molecule has 1 aliphatic rings. The van der Waals surface area contributed by atoms with Gasteiger partial charge in [-0.2, -0.15) is 0 Å². The first-order valence-corrected chi connectivity index (χ1v) is 17.8. The Bertz CT molecular complexity index is 2740. The van der Waals surface area contributed by atoms with E-state index in [0.29, 0.717) is 17.5 Å². The molecular weight excluding hydrogens is 647 g/mol. The van der Waals surface area contributed by atoms with Gasteiger partial charge in [0.1, 0.15) is 11.5 Å². The predicted molar refractivity (Wildman–Crippen MR) is 215 cm³/mol. The van der Waals surface area contributed by atoms with Crippen LogP contribution in [0.2, 0.25) is 0 Å². The van der Waals surface area contributed by atoms with Crippen LogP contribution in [0.1, 0.15) is 0 Å². The van der Waals surface area contributed by atoms with Gasteiger partial charge in [0.15, 0.2) is 17.5 Å². The van der Waals surface area contributed by atoms with Gasteiger partial charge in [-0.15, -0.1) is 0 Å². The number of fused-ring (bicyclic) bond motifs is 2. The van der Waals surface area contributed by atoms with Crippen LogP contribution >= 0.6 is 0 Å². The monoisotopic (exact) mass is 677 g/mol. The Morgan fingerprint density at radius 1 is 0.302 bits per heavy atom. The van der Waals surface area contributed by atoms with Crippen LogP contribution in [0.3, 0.4) is 0 Å². The molecule has 0 bridgehead atoms. The van der Waals surface area contributed by atoms with Crippen LogP contribution in [0.4, 0.5) is 0 Å². The Kier molecular flexibility index (Phi) is 7.43. The fourth-order valence-electron chi connectivity index (χ4n) is 7.39. The first-order chi connectivity index (χ1) is 26.3. The Hall–Kier alpha value is -7.17. The third-order valence-electron chi connectivity index (χ3n) is 9.93. The van der Waals surface area contributed by atoms with Crippen molar-refractivity contribution in [2.24, 2.45) is 0 Å². The van der Waals surface area contributed by atoms with Gasteiger partial charge in [0.25, 0.3) is 0 Å². The van der Waals surface area contributed by atoms with E-state index in [4.69, 9.17) is 19.7 Å². The van der Waals surface area contributed by atoms with Crippen LogP contribution in [0.15, 0.2) is 188 Å². The van der Waals surface area contributed by atoms with Crippen LogP contribution in [0.5, 0.6) is 11.5 Å². The fourth-order valence-corrected chi connectivity index (χ4v) is 7.39. The second-order valence-corrected chi connectivity index (χ2v) is 13.2. The van der Waals surface area contributed by atoms with E-state index in [2.05, 4.69) is 127 Å². The van der Waals surface area contributed by atoms with Crippen molar-refractivity contribution in [3.8, 4) is 90.2 Å². The molecule has 4 heteroatoms. The summed E-state index contributed by atoms with van der Waals surface area (Å²) in [6, 6.07) is 65.1. The number of ether oxygens (including phenoxy) is 1. The zero-order valence-corrected chi connectivity index (χ0v) is 28.6. The van der Waals surface area contributed by atoms with Gasteiger partial charge in [0.2, 0.25) is 0 Å². The lowest BCUT2D eigenvalue weighted by Gasteiger charge is -2.25. The lowest BCUT2D eigenvalue weighted by molar-refractivity contribution is 0.489. The first kappa shape index (κ1) is 30.6. The van der Waals surface area contributed by atoms with E-state index in [-0.39, 0.29) is 0 Å². The molecule has 0 saturated carbocycles. The van der Waals surface area contributed by atoms with E-state index in [1.165, 1.54) is 27.6 Å². The fraction of sp³-hybridized carbons (Fsp3) is 0. The lowest BCUT2D eigenvalue weighted by atomic mass is 9.88. The van der Waals surface area contributed by atoms with Crippen molar-refractivity contribution in [1.29, 1.82) is 0 Å². The van der Waals surface area contributed by atoms with E-state index in [1.807, 2.05) is 60.7 Å². The zero-order valence-electron chi connectivity index (χ0n) is 28.6. The van der Waals surface area contributed by atoms with Crippen molar-refractivity contribution in [3.63, 3.8) is 0 Å². The highest BCUT2D eigenvalue weighted by atomic mass is 16.5. The third-order valence-corrected chi connectivity index (χ3v) is 9.93. The van der Waals surface area contributed by atoms with Crippen molar-refractivity contribution in [3.05, 3.63) is 188 Å². The van der Waals surface area contributed by atoms with E-state index < -0.39 is 0 Å². The Balaban J connectivity index is 1.07. The third kappa shape index (κ3) is 5.54. The Morgan fingerprint density at radius 2 is 0.774 bits per heavy atom. The van der Waals surface area contributed by atoms with E-state index in [9.17, 15) is 0 Å². The van der Waals surface area contributed by atoms with Crippen LogP contribution in [0, 0.1) is 0 Å². The zero-order chi connectivity index (χ0) is 35.1. The van der Waals surface area contributed by atoms with Crippen molar-refractivity contribution in [2.45, 2.75) is 0 Å². The maximum absolute atomic E-state index is 6.88. The normalized spacial score (nSPS) is 11.5. The van der Waals surface area contributed by atoms with E-state index >= 15 is 0 Å². The summed E-state index contributed by atoms with van der Waals surface area (Å²) in [4.78, 5) is 14.8. The number of benzene rings is 8. The van der Waals surface area contributed by atoms with Gasteiger partial charge in [0.05, 0.1) is 0 Å². The van der Waals surface area contributed by atoms with Gasteiger partial charge in [-0.3, -0.25) is 0 Å². The van der Waals surface area contributed by atoms with Crippen LogP contribution in [0.25, 0.3) is 89.4 Å². The van der Waals surface area contributed by atoms with Crippen LogP contribution in [-0.2, 0) is 0 Å². The molecule has 1 aliphatic heterocycles. The Morgan fingerprint density at radius 3 is 1.45 bits per heavy atom. The minimum absolute atomic E-state index is 0.615. The number of hydrogen-bond donors (Lipinski definition) is 0. The van der Waals surface area contributed by atoms with E-state index in [0.717, 1.165) is 55.8 Å². The molecule has 0 N–H and O–H groups in total. The van der Waals surface area contributed by atoms with Crippen LogP contribution < -0.4 is 4.74 Å². The predicted octanol–water partition coefficient (Wildman–Crippen LogP) is 12.8. The van der Waals surface area contributed by atoms with Crippen molar-refractivity contribution in [2.75, 3.05) is 0 Å². The first-order valence-electron chi connectivity index (χ1n) is 17.8. The molecule has 0 saturated heterocycles. The molecule has 2 heterocycles. The van der Waals surface area contributed by atoms with Gasteiger partial charge < -0.3 is 4.74 Å². The molecule has 0 unspecified atom stereocenters. The summed E-state index contributed by atoms with van der Waals surface area (Å²) in [5.74, 6) is 3.58. The quantitative estimate of drug-likeness (QED) is 0.176. The number of rotatable bonds is 6. The van der Waals surface area contributed by atoms with Crippen molar-refractivity contribution >= 4 is 10.8 Å². The summed E-state index contributed by atoms with van der Waals surface area (Å²) in [5, 5.41) is 2.29. The lowest BCUT2D eigenvalue weighted by Crippen LogP contribution is -2.01. The average Bonchev–Trinajstić information content (AvgIpc) is 3.24. The SMILES string of the molecule is c1ccc(-c2cccc(-c3ccc4c5c(cccc35)-c3cccc(-c5cccc(-c6nc(-c7ccccc7)nc(-c7ccccc7)n6)c5)c3O4)c2)cc1. The highest BCUT2D eigenvalue weighted by Crippen LogP contribution is 2.52. The number of hydrogen-bond acceptors (Lipinski definition) is 4. The van der Waals surface area contributed by atoms with Gasteiger partial charge in [-0.05, 0) is 57.0 Å². The summed E-state index contributed by atoms with van der Waals surface area (Å²) in [6.07, 6.45) is 0. The molecule has 0 fully saturated rings. The molecular formula is C49H31N3O. The van der Waals surface area contributed by atoms with E-state index in [1.54, 1.807) is 0 Å². The van der Waals surface area contributed by atoms with Crippen molar-refractivity contribution < 1.29 is 4.74 Å². The summed E-state index contributed by atoms with van der Waals surface area (Å²) < 4.78 is 6.88. The summed E-state index contributed by atoms with van der Waals surface area (Å²) in [7, 11) is 0. The molecule has 9 aromatic rings. The molecule has 4 nitrogen and oxygen atoms in total. The topological polar surface area (TPSA) is 47.9 Å². The van der Waals surface area contributed by atoms with Gasteiger partial charge in [-0.25, -0.2) is 15.0 Å². The summed E-state index contributed by atoms with van der Waals surface area (Å²) in [5.41, 5.74) is 11.8. The standard InChI is InChI=1S/C49H31N3O/c1-4-14-32(15-5-1)35-20-10-21-36(30-35)39-28-29-44-45-41(39)25-13-26-42(45)43-27-12-24-40(46(43)53-44)37-22-11-23-38(31-37)49-51-47(33-16-6-2-7-17-33)50-48(52-49)34-18-8-3-9-19-34/h1-31H. The maximum atomic E-state index is 6.88. The maximum Gasteiger partial charge on any atom is 0.164 e. The Labute approximate surface area is 307 Å². The number of aromatic nitrogens is 3. The molecule has 0 radical (unpaired) electrons. The molecule has 0 aliphatic carbocycles. The molecule has 0 amide bonds. The highest BCUT2D eigenvalue weighted by molar-refractivity contribution is 6.10. The molecule has 53 heavy (non-hydrogen) atoms. The van der Waals surface area contributed by atoms with Crippen LogP contribution in [-0.4, -0.2) is 15.0 Å². The smallest absolute Gasteiger partial charge is 0.164 e. The highest BCUT2D eigenvalue weighted by Gasteiger charge is 2.25. The molecule has 1 aromatic heterocycles. The number of nitrogens with zero attached hydrogens (tertiary/aromatic N) is 3. The molecule has 10 rings (SSSR count). The minimum Gasteiger partial charge on any atom is -0.455 e. The van der Waals surface area contributed by atoms with Gasteiger partial charge >= 0.3 is 0 Å². The molecule has 0 spiro atoms. The van der Waals surface area contributed by atoms with Crippen molar-refractivity contribution in [1.82, 2.24) is 15.0 Å². The molecule has 0 atom stereocenters. The second kappa shape index (κ2) is 12.9.